The van der Waals surface area contributed by atoms with Crippen LogP contribution < -0.4 is 0 Å². The molecule has 1 aliphatic rings. The van der Waals surface area contributed by atoms with Crippen molar-refractivity contribution in [2.75, 3.05) is 40.1 Å². The van der Waals surface area contributed by atoms with Gasteiger partial charge >= 0.3 is 0 Å². The highest BCUT2D eigenvalue weighted by Gasteiger charge is 2.23. The van der Waals surface area contributed by atoms with E-state index in [2.05, 4.69) is 0 Å². The van der Waals surface area contributed by atoms with Crippen LogP contribution in [0, 0.1) is 0 Å². The van der Waals surface area contributed by atoms with Crippen molar-refractivity contribution < 1.29 is 23.7 Å². The summed E-state index contributed by atoms with van der Waals surface area (Å²) in [7, 11) is 1.67. The first-order chi connectivity index (χ1) is 8.61. The minimum atomic E-state index is 0.0625. The first-order valence-corrected chi connectivity index (χ1v) is 6.57. The third-order valence-corrected chi connectivity index (χ3v) is 2.60. The molecule has 0 radical (unpaired) electrons. The summed E-state index contributed by atoms with van der Waals surface area (Å²) in [6.07, 6.45) is 0.561. The molecular formula is C13H26O5. The number of hydrogen-bond acceptors (Lipinski definition) is 5. The molecule has 1 rings (SSSR count). The first kappa shape index (κ1) is 15.9. The highest BCUT2D eigenvalue weighted by molar-refractivity contribution is 4.68. The van der Waals surface area contributed by atoms with Gasteiger partial charge in [0.1, 0.15) is 6.10 Å². The normalized spacial score (nSPS) is 23.7. The Bertz CT molecular complexity index is 208. The number of epoxide rings is 1. The van der Waals surface area contributed by atoms with E-state index in [1.54, 1.807) is 7.11 Å². The van der Waals surface area contributed by atoms with Crippen molar-refractivity contribution in [1.29, 1.82) is 0 Å². The molecule has 0 aromatic carbocycles. The number of ether oxygens (including phenoxy) is 5. The molecule has 5 heteroatoms. The molecule has 0 aromatic heterocycles. The molecule has 18 heavy (non-hydrogen) atoms. The summed E-state index contributed by atoms with van der Waals surface area (Å²) in [5.41, 5.74) is 0. The Kier molecular flexibility index (Phi) is 7.77. The van der Waals surface area contributed by atoms with Crippen LogP contribution in [0.1, 0.15) is 20.8 Å². The Morgan fingerprint density at radius 2 is 1.44 bits per heavy atom. The third kappa shape index (κ3) is 8.00. The molecule has 0 aliphatic carbocycles. The quantitative estimate of drug-likeness (QED) is 0.524. The summed E-state index contributed by atoms with van der Waals surface area (Å²) >= 11 is 0. The summed E-state index contributed by atoms with van der Waals surface area (Å²) in [4.78, 5) is 0. The van der Waals surface area contributed by atoms with E-state index in [9.17, 15) is 0 Å². The van der Waals surface area contributed by atoms with Crippen LogP contribution in [0.4, 0.5) is 0 Å². The van der Waals surface area contributed by atoms with Gasteiger partial charge in [-0.1, -0.05) is 0 Å². The largest absolute Gasteiger partial charge is 0.382 e. The molecule has 108 valence electrons. The van der Waals surface area contributed by atoms with Crippen LogP contribution in [0.15, 0.2) is 0 Å². The van der Waals surface area contributed by atoms with Crippen molar-refractivity contribution in [1.82, 2.24) is 0 Å². The molecule has 0 saturated carbocycles. The lowest BCUT2D eigenvalue weighted by Gasteiger charge is -2.19. The highest BCUT2D eigenvalue weighted by atomic mass is 16.6. The summed E-state index contributed by atoms with van der Waals surface area (Å²) in [6, 6.07) is 0. The number of methoxy groups -OCH3 is 1. The molecule has 1 saturated heterocycles. The Balaban J connectivity index is 1.95. The second-order valence-corrected chi connectivity index (χ2v) is 4.84. The van der Waals surface area contributed by atoms with Crippen LogP contribution in [0.5, 0.6) is 0 Å². The van der Waals surface area contributed by atoms with Gasteiger partial charge in [0.05, 0.1) is 51.3 Å². The predicted octanol–water partition coefficient (Wildman–Crippen LogP) is 1.25. The van der Waals surface area contributed by atoms with E-state index >= 15 is 0 Å². The van der Waals surface area contributed by atoms with E-state index in [-0.39, 0.29) is 18.3 Å². The average Bonchev–Trinajstić information content (AvgIpc) is 3.15. The molecule has 0 bridgehead atoms. The second-order valence-electron chi connectivity index (χ2n) is 4.84. The maximum absolute atomic E-state index is 5.65. The van der Waals surface area contributed by atoms with Gasteiger partial charge < -0.3 is 23.7 Å². The summed E-state index contributed by atoms with van der Waals surface area (Å²) in [6.45, 7) is 9.24. The summed E-state index contributed by atoms with van der Waals surface area (Å²) in [5, 5.41) is 0. The monoisotopic (exact) mass is 262 g/mol. The lowest BCUT2D eigenvalue weighted by atomic mass is 10.4. The molecule has 1 heterocycles. The fraction of sp³-hybridized carbons (Fsp3) is 1.00. The van der Waals surface area contributed by atoms with Crippen LogP contribution in [-0.2, 0) is 23.7 Å². The molecule has 4 atom stereocenters. The number of rotatable bonds is 11. The molecule has 0 aromatic rings. The van der Waals surface area contributed by atoms with E-state index in [1.807, 2.05) is 20.8 Å². The smallest absolute Gasteiger partial charge is 0.104 e. The molecule has 1 aliphatic heterocycles. The van der Waals surface area contributed by atoms with Crippen molar-refractivity contribution in [2.24, 2.45) is 0 Å². The van der Waals surface area contributed by atoms with Gasteiger partial charge in [0, 0.05) is 7.11 Å². The lowest BCUT2D eigenvalue weighted by Crippen LogP contribution is -2.27. The maximum Gasteiger partial charge on any atom is 0.104 e. The van der Waals surface area contributed by atoms with E-state index in [0.29, 0.717) is 32.5 Å². The van der Waals surface area contributed by atoms with Gasteiger partial charge in [-0.05, 0) is 20.8 Å². The van der Waals surface area contributed by atoms with E-state index < -0.39 is 0 Å². The molecule has 0 amide bonds. The van der Waals surface area contributed by atoms with Crippen molar-refractivity contribution in [3.05, 3.63) is 0 Å². The lowest BCUT2D eigenvalue weighted by molar-refractivity contribution is -0.0779. The van der Waals surface area contributed by atoms with Crippen LogP contribution >= 0.6 is 0 Å². The molecule has 5 nitrogen and oxygen atoms in total. The zero-order chi connectivity index (χ0) is 13.4. The Morgan fingerprint density at radius 3 is 1.94 bits per heavy atom. The molecule has 0 spiro atoms. The summed E-state index contributed by atoms with van der Waals surface area (Å²) < 4.78 is 26.9. The van der Waals surface area contributed by atoms with Gasteiger partial charge in [-0.3, -0.25) is 0 Å². The van der Waals surface area contributed by atoms with Crippen molar-refractivity contribution in [3.8, 4) is 0 Å². The maximum atomic E-state index is 5.65. The summed E-state index contributed by atoms with van der Waals surface area (Å²) in [5.74, 6) is 0. The zero-order valence-electron chi connectivity index (χ0n) is 11.9. The van der Waals surface area contributed by atoms with Crippen LogP contribution in [0.3, 0.4) is 0 Å². The third-order valence-electron chi connectivity index (χ3n) is 2.60. The topological polar surface area (TPSA) is 49.5 Å². The SMILES string of the molecule is COCC(C)OCC(C)OCC(C)OCC1CO1. The van der Waals surface area contributed by atoms with Crippen molar-refractivity contribution in [3.63, 3.8) is 0 Å². The minimum absolute atomic E-state index is 0.0625. The van der Waals surface area contributed by atoms with Crippen LogP contribution in [0.25, 0.3) is 0 Å². The molecular weight excluding hydrogens is 236 g/mol. The van der Waals surface area contributed by atoms with Crippen molar-refractivity contribution >= 4 is 0 Å². The van der Waals surface area contributed by atoms with Gasteiger partial charge in [-0.15, -0.1) is 0 Å². The highest BCUT2D eigenvalue weighted by Crippen LogP contribution is 2.10. The zero-order valence-corrected chi connectivity index (χ0v) is 11.9. The number of hydrogen-bond donors (Lipinski definition) is 0. The fourth-order valence-corrected chi connectivity index (χ4v) is 1.41. The van der Waals surface area contributed by atoms with Crippen LogP contribution in [0.2, 0.25) is 0 Å². The molecule has 0 N–H and O–H groups in total. The van der Waals surface area contributed by atoms with Gasteiger partial charge in [-0.25, -0.2) is 0 Å². The van der Waals surface area contributed by atoms with Gasteiger partial charge in [-0.2, -0.15) is 0 Å². The second kappa shape index (κ2) is 8.82. The standard InChI is InChI=1S/C13H26O5/c1-10(5-14-4)15-6-11(2)16-7-12(3)17-8-13-9-18-13/h10-13H,5-9H2,1-4H3. The predicted molar refractivity (Wildman–Crippen MR) is 67.9 cm³/mol. The fourth-order valence-electron chi connectivity index (χ4n) is 1.41. The van der Waals surface area contributed by atoms with Gasteiger partial charge in [0.25, 0.3) is 0 Å². The molecule has 4 unspecified atom stereocenters. The minimum Gasteiger partial charge on any atom is -0.382 e. The Labute approximate surface area is 110 Å². The first-order valence-electron chi connectivity index (χ1n) is 6.57. The average molecular weight is 262 g/mol. The van der Waals surface area contributed by atoms with E-state index in [4.69, 9.17) is 23.7 Å². The molecule has 1 fully saturated rings. The Hall–Kier alpha value is -0.200. The van der Waals surface area contributed by atoms with Crippen molar-refractivity contribution in [2.45, 2.75) is 45.2 Å². The Morgan fingerprint density at radius 1 is 0.944 bits per heavy atom. The van der Waals surface area contributed by atoms with E-state index in [0.717, 1.165) is 6.61 Å². The van der Waals surface area contributed by atoms with Crippen LogP contribution in [-0.4, -0.2) is 64.6 Å². The van der Waals surface area contributed by atoms with Gasteiger partial charge in [0.15, 0.2) is 0 Å². The van der Waals surface area contributed by atoms with Gasteiger partial charge in [0.2, 0.25) is 0 Å². The van der Waals surface area contributed by atoms with E-state index in [1.165, 1.54) is 0 Å².